The van der Waals surface area contributed by atoms with Crippen LogP contribution in [0.25, 0.3) is 10.9 Å². The molecule has 2 amide bonds. The molecule has 31 heavy (non-hydrogen) atoms. The molecular formula is C24H22ClN3O3. The van der Waals surface area contributed by atoms with Crippen LogP contribution < -0.4 is 10.9 Å². The SMILES string of the molecule is Cc1cc(C)c2cc(CN(Cc3ccco3)C(=O)Nc3ccc(Cl)cc3)c(=O)[nH]c2c1. The number of halogens is 1. The molecular weight excluding hydrogens is 414 g/mol. The second-order valence-electron chi connectivity index (χ2n) is 7.54. The normalized spacial score (nSPS) is 10.9. The van der Waals surface area contributed by atoms with E-state index in [-0.39, 0.29) is 24.7 Å². The van der Waals surface area contributed by atoms with Gasteiger partial charge in [0.25, 0.3) is 5.56 Å². The number of carbonyl (C=O) groups is 1. The van der Waals surface area contributed by atoms with Gasteiger partial charge in [-0.3, -0.25) is 4.79 Å². The smallest absolute Gasteiger partial charge is 0.322 e. The lowest BCUT2D eigenvalue weighted by molar-refractivity contribution is 0.201. The fraction of sp³-hybridized carbons (Fsp3) is 0.167. The first-order chi connectivity index (χ1) is 14.9. The van der Waals surface area contributed by atoms with Gasteiger partial charge in [-0.05, 0) is 73.5 Å². The van der Waals surface area contributed by atoms with Crippen LogP contribution in [-0.2, 0) is 13.1 Å². The summed E-state index contributed by atoms with van der Waals surface area (Å²) in [5.41, 5.74) is 3.82. The molecule has 6 nitrogen and oxygen atoms in total. The van der Waals surface area contributed by atoms with E-state index in [2.05, 4.69) is 16.4 Å². The molecule has 0 bridgehead atoms. The number of benzene rings is 2. The van der Waals surface area contributed by atoms with Gasteiger partial charge in [0.1, 0.15) is 5.76 Å². The van der Waals surface area contributed by atoms with Crippen LogP contribution in [0.5, 0.6) is 0 Å². The highest BCUT2D eigenvalue weighted by molar-refractivity contribution is 6.30. The Kier molecular flexibility index (Phi) is 5.82. The number of H-pyrrole nitrogens is 1. The standard InChI is InChI=1S/C24H22ClN3O3/c1-15-10-16(2)21-12-17(23(29)27-22(21)11-15)13-28(14-20-4-3-9-31-20)24(30)26-19-7-5-18(25)6-8-19/h3-12H,13-14H2,1-2H3,(H,26,30)(H,27,29). The van der Waals surface area contributed by atoms with E-state index in [9.17, 15) is 9.59 Å². The highest BCUT2D eigenvalue weighted by Gasteiger charge is 2.18. The molecule has 0 aliphatic heterocycles. The number of aromatic amines is 1. The van der Waals surface area contributed by atoms with Crippen molar-refractivity contribution in [2.24, 2.45) is 0 Å². The number of amides is 2. The third-order valence-corrected chi connectivity index (χ3v) is 5.31. The number of hydrogen-bond acceptors (Lipinski definition) is 3. The highest BCUT2D eigenvalue weighted by Crippen LogP contribution is 2.20. The monoisotopic (exact) mass is 435 g/mol. The van der Waals surface area contributed by atoms with E-state index in [1.165, 1.54) is 4.90 Å². The Morgan fingerprint density at radius 2 is 1.87 bits per heavy atom. The van der Waals surface area contributed by atoms with Gasteiger partial charge in [0, 0.05) is 27.2 Å². The molecule has 2 aromatic carbocycles. The molecule has 0 radical (unpaired) electrons. The molecule has 0 fully saturated rings. The van der Waals surface area contributed by atoms with Gasteiger partial charge in [-0.1, -0.05) is 17.7 Å². The van der Waals surface area contributed by atoms with Gasteiger partial charge in [0.2, 0.25) is 0 Å². The molecule has 0 spiro atoms. The molecule has 0 unspecified atom stereocenters. The van der Waals surface area contributed by atoms with E-state index in [1.54, 1.807) is 42.7 Å². The zero-order valence-electron chi connectivity index (χ0n) is 17.2. The minimum Gasteiger partial charge on any atom is -0.467 e. The second-order valence-corrected chi connectivity index (χ2v) is 7.98. The fourth-order valence-corrected chi connectivity index (χ4v) is 3.69. The summed E-state index contributed by atoms with van der Waals surface area (Å²) >= 11 is 5.93. The van der Waals surface area contributed by atoms with E-state index in [0.717, 1.165) is 22.0 Å². The Morgan fingerprint density at radius 3 is 2.58 bits per heavy atom. The summed E-state index contributed by atoms with van der Waals surface area (Å²) in [6.45, 7) is 4.34. The lowest BCUT2D eigenvalue weighted by Crippen LogP contribution is -2.35. The first-order valence-electron chi connectivity index (χ1n) is 9.86. The predicted molar refractivity (Wildman–Crippen MR) is 122 cm³/mol. The molecule has 0 saturated carbocycles. The van der Waals surface area contributed by atoms with Crippen LogP contribution >= 0.6 is 11.6 Å². The number of aryl methyl sites for hydroxylation is 2. The summed E-state index contributed by atoms with van der Waals surface area (Å²) in [5, 5.41) is 4.39. The fourth-order valence-electron chi connectivity index (χ4n) is 3.57. The molecule has 0 aliphatic carbocycles. The molecule has 4 aromatic rings. The predicted octanol–water partition coefficient (Wildman–Crippen LogP) is 5.63. The molecule has 158 valence electrons. The minimum atomic E-state index is -0.348. The van der Waals surface area contributed by atoms with Crippen LogP contribution in [0.4, 0.5) is 10.5 Å². The Hall–Kier alpha value is -3.51. The summed E-state index contributed by atoms with van der Waals surface area (Å²) in [7, 11) is 0. The summed E-state index contributed by atoms with van der Waals surface area (Å²) in [4.78, 5) is 30.3. The van der Waals surface area contributed by atoms with Crippen LogP contribution in [0.1, 0.15) is 22.5 Å². The molecule has 2 aromatic heterocycles. The number of furan rings is 1. The lowest BCUT2D eigenvalue weighted by atomic mass is 10.0. The summed E-state index contributed by atoms with van der Waals surface area (Å²) in [6, 6.07) is 15.9. The lowest BCUT2D eigenvalue weighted by Gasteiger charge is -2.22. The van der Waals surface area contributed by atoms with Gasteiger partial charge in [-0.25, -0.2) is 4.79 Å². The average Bonchev–Trinajstić information content (AvgIpc) is 3.23. The molecule has 2 heterocycles. The van der Waals surface area contributed by atoms with Crippen LogP contribution in [0.3, 0.4) is 0 Å². The van der Waals surface area contributed by atoms with Crippen molar-refractivity contribution >= 4 is 34.2 Å². The van der Waals surface area contributed by atoms with Gasteiger partial charge in [0.15, 0.2) is 0 Å². The number of nitrogens with zero attached hydrogens (tertiary/aromatic N) is 1. The Bertz CT molecular complexity index is 1280. The van der Waals surface area contributed by atoms with Gasteiger partial charge in [0.05, 0.1) is 19.4 Å². The number of anilines is 1. The molecule has 4 rings (SSSR count). The van der Waals surface area contributed by atoms with Gasteiger partial charge < -0.3 is 19.6 Å². The van der Waals surface area contributed by atoms with E-state index < -0.39 is 0 Å². The number of carbonyl (C=O) groups excluding carboxylic acids is 1. The number of urea groups is 1. The van der Waals surface area contributed by atoms with Crippen molar-refractivity contribution in [3.8, 4) is 0 Å². The van der Waals surface area contributed by atoms with Gasteiger partial charge in [-0.15, -0.1) is 0 Å². The van der Waals surface area contributed by atoms with Crippen LogP contribution in [0.2, 0.25) is 5.02 Å². The number of hydrogen-bond donors (Lipinski definition) is 2. The van der Waals surface area contributed by atoms with E-state index >= 15 is 0 Å². The third-order valence-electron chi connectivity index (χ3n) is 5.06. The largest absolute Gasteiger partial charge is 0.467 e. The van der Waals surface area contributed by atoms with Crippen molar-refractivity contribution in [2.45, 2.75) is 26.9 Å². The maximum atomic E-state index is 13.0. The van der Waals surface area contributed by atoms with Crippen molar-refractivity contribution < 1.29 is 9.21 Å². The first-order valence-corrected chi connectivity index (χ1v) is 10.2. The number of rotatable bonds is 5. The highest BCUT2D eigenvalue weighted by atomic mass is 35.5. The van der Waals surface area contributed by atoms with E-state index in [0.29, 0.717) is 22.0 Å². The molecule has 2 N–H and O–H groups in total. The molecule has 0 aliphatic rings. The topological polar surface area (TPSA) is 78.3 Å². The number of nitrogens with one attached hydrogen (secondary N) is 2. The third kappa shape index (κ3) is 4.81. The maximum Gasteiger partial charge on any atom is 0.322 e. The zero-order valence-corrected chi connectivity index (χ0v) is 18.0. The van der Waals surface area contributed by atoms with E-state index in [4.69, 9.17) is 16.0 Å². The quantitative estimate of drug-likeness (QED) is 0.426. The number of pyridine rings is 1. The summed E-state index contributed by atoms with van der Waals surface area (Å²) < 4.78 is 5.43. The van der Waals surface area contributed by atoms with Crippen molar-refractivity contribution in [1.29, 1.82) is 0 Å². The van der Waals surface area contributed by atoms with Crippen molar-refractivity contribution in [3.63, 3.8) is 0 Å². The van der Waals surface area contributed by atoms with Crippen LogP contribution in [0.15, 0.2) is 70.1 Å². The molecule has 0 saturated heterocycles. The van der Waals surface area contributed by atoms with Crippen molar-refractivity contribution in [3.05, 3.63) is 98.7 Å². The zero-order chi connectivity index (χ0) is 22.0. The Balaban J connectivity index is 1.65. The van der Waals surface area contributed by atoms with E-state index in [1.807, 2.05) is 26.0 Å². The van der Waals surface area contributed by atoms with Crippen LogP contribution in [0, 0.1) is 13.8 Å². The molecule has 0 atom stereocenters. The van der Waals surface area contributed by atoms with Gasteiger partial charge >= 0.3 is 6.03 Å². The summed E-state index contributed by atoms with van der Waals surface area (Å²) in [5.74, 6) is 0.621. The second kappa shape index (κ2) is 8.70. The van der Waals surface area contributed by atoms with Crippen molar-refractivity contribution in [1.82, 2.24) is 9.88 Å². The van der Waals surface area contributed by atoms with Crippen molar-refractivity contribution in [2.75, 3.05) is 5.32 Å². The average molecular weight is 436 g/mol. The maximum absolute atomic E-state index is 13.0. The Labute approximate surface area is 184 Å². The summed E-state index contributed by atoms with van der Waals surface area (Å²) in [6.07, 6.45) is 1.55. The Morgan fingerprint density at radius 1 is 1.10 bits per heavy atom. The number of aromatic nitrogens is 1. The minimum absolute atomic E-state index is 0.124. The molecule has 7 heteroatoms. The van der Waals surface area contributed by atoms with Crippen LogP contribution in [-0.4, -0.2) is 15.9 Å². The first kappa shape index (κ1) is 20.8. The van der Waals surface area contributed by atoms with Gasteiger partial charge in [-0.2, -0.15) is 0 Å². The number of fused-ring (bicyclic) bond motifs is 1.